The number of aryl methyl sites for hydroxylation is 3. The fourth-order valence-electron chi connectivity index (χ4n) is 8.43. The van der Waals surface area contributed by atoms with E-state index < -0.39 is 13.3 Å². The molecule has 0 aliphatic rings. The van der Waals surface area contributed by atoms with Crippen molar-refractivity contribution in [3.8, 4) is 39.6 Å². The molecule has 7 heteroatoms. The summed E-state index contributed by atoms with van der Waals surface area (Å²) in [6.45, 7) is 17.6. The summed E-state index contributed by atoms with van der Waals surface area (Å²) in [6.07, 6.45) is 3.27. The summed E-state index contributed by atoms with van der Waals surface area (Å²) in [5.74, 6) is 8.79. The fourth-order valence-corrected chi connectivity index (χ4v) is 11.8. The Hall–Kier alpha value is -5.14. The first-order chi connectivity index (χ1) is 29.1. The second-order valence-corrected chi connectivity index (χ2v) is 29.4. The third kappa shape index (κ3) is 9.02. The van der Waals surface area contributed by atoms with Gasteiger partial charge >= 0.3 is 126 Å². The smallest absolute Gasteiger partial charge is 0.216 e. The minimum absolute atomic E-state index is 0. The van der Waals surface area contributed by atoms with E-state index in [9.17, 15) is 0 Å². The second kappa shape index (κ2) is 17.9. The Balaban J connectivity index is 0.000000233. The van der Waals surface area contributed by atoms with Crippen LogP contribution in [-0.2, 0) is 31.9 Å². The van der Waals surface area contributed by atoms with Gasteiger partial charge in [0.25, 0.3) is 0 Å². The standard InChI is InChI=1S/C37H32N3O.C18H24GeN.Ir/c1-22-10-9-11-23(2)32(22)30-21-20-27-33-24(3)14-19-28(34(33)41-36(27)39-30)35-38-29-12-7-8-13-31(29)40(35)26-17-15-25(16-18-26)37(4,5)6;1-14(2)11-16-12-18(15-9-7-6-8-10-15)20-13-17(16)19(3,4)5;/h7-18,20-21H,1-6H3;6-9,12-14H,11H2,1-5H3;/q2*-1;. The first-order valence-electron chi connectivity index (χ1n) is 21.4. The monoisotopic (exact) mass is 1060 g/mol. The number of fused-ring (bicyclic) bond motifs is 4. The summed E-state index contributed by atoms with van der Waals surface area (Å²) in [6, 6.07) is 46.8. The first kappa shape index (κ1) is 44.9. The maximum absolute atomic E-state index is 6.62. The van der Waals surface area contributed by atoms with Crippen LogP contribution in [0.2, 0.25) is 17.3 Å². The summed E-state index contributed by atoms with van der Waals surface area (Å²) in [4.78, 5) is 14.8. The number of benzene rings is 5. The van der Waals surface area contributed by atoms with E-state index in [0.717, 1.165) is 79.0 Å². The van der Waals surface area contributed by atoms with Gasteiger partial charge < -0.3 is 8.98 Å². The van der Waals surface area contributed by atoms with Crippen LogP contribution in [0.25, 0.3) is 72.7 Å². The molecule has 0 N–H and O–H groups in total. The van der Waals surface area contributed by atoms with Crippen molar-refractivity contribution in [2.24, 2.45) is 5.92 Å². The number of aromatic nitrogens is 4. The Kier molecular flexibility index (Phi) is 13.0. The Morgan fingerprint density at radius 3 is 2.13 bits per heavy atom. The van der Waals surface area contributed by atoms with E-state index in [-0.39, 0.29) is 25.5 Å². The molecule has 5 nitrogen and oxygen atoms in total. The van der Waals surface area contributed by atoms with Gasteiger partial charge in [-0.1, -0.05) is 81.1 Å². The SMILES string of the molecule is CC(C)Cc1cc(-c2[c-]cccc2)nc[c]1[Ge]([CH3])([CH3])[CH3].Cc1cccc(C)c1-c1ccc2c(n1)oc1c(-c3nc4ccccc4n3-c3ccc(C(C)(C)C)cc3)[c-]cc(C)c12.[Ir]. The van der Waals surface area contributed by atoms with Gasteiger partial charge in [0.1, 0.15) is 0 Å². The Bertz CT molecular complexity index is 3000. The molecular weight excluding hydrogens is 997 g/mol. The number of pyridine rings is 2. The summed E-state index contributed by atoms with van der Waals surface area (Å²) in [5.41, 5.74) is 15.8. The molecule has 4 heterocycles. The summed E-state index contributed by atoms with van der Waals surface area (Å²) in [7, 11) is 0. The molecule has 4 aromatic heterocycles. The van der Waals surface area contributed by atoms with Crippen molar-refractivity contribution in [3.63, 3.8) is 0 Å². The van der Waals surface area contributed by atoms with E-state index in [1.165, 1.54) is 22.3 Å². The molecule has 317 valence electrons. The molecule has 0 bridgehead atoms. The predicted octanol–water partition coefficient (Wildman–Crippen LogP) is 14.0. The van der Waals surface area contributed by atoms with Gasteiger partial charge in [0.15, 0.2) is 0 Å². The van der Waals surface area contributed by atoms with Crippen LogP contribution in [0, 0.1) is 38.8 Å². The summed E-state index contributed by atoms with van der Waals surface area (Å²) < 4.78 is 10.4. The van der Waals surface area contributed by atoms with Gasteiger partial charge in [-0.05, 0) is 72.4 Å². The van der Waals surface area contributed by atoms with Gasteiger partial charge in [-0.3, -0.25) is 4.98 Å². The van der Waals surface area contributed by atoms with E-state index in [1.54, 1.807) is 4.40 Å². The minimum atomic E-state index is -1.86. The van der Waals surface area contributed by atoms with Crippen LogP contribution in [0.1, 0.15) is 62.4 Å². The normalized spacial score (nSPS) is 11.9. The first-order valence-corrected chi connectivity index (χ1v) is 28.8. The van der Waals surface area contributed by atoms with E-state index in [1.807, 2.05) is 30.3 Å². The molecule has 0 aliphatic heterocycles. The number of nitrogens with zero attached hydrogens (tertiary/aromatic N) is 4. The molecular formula is C55H56GeIrN4O-2. The van der Waals surface area contributed by atoms with Crippen molar-refractivity contribution >= 4 is 50.8 Å². The van der Waals surface area contributed by atoms with Crippen molar-refractivity contribution in [1.82, 2.24) is 19.5 Å². The van der Waals surface area contributed by atoms with Crippen molar-refractivity contribution in [1.29, 1.82) is 0 Å². The van der Waals surface area contributed by atoms with Gasteiger partial charge in [0, 0.05) is 36.7 Å². The maximum atomic E-state index is 6.62. The molecule has 0 spiro atoms. The molecule has 5 aromatic carbocycles. The van der Waals surface area contributed by atoms with Crippen LogP contribution in [0.15, 0.2) is 126 Å². The largest absolute Gasteiger partial charge is 0.486 e. The number of rotatable bonds is 7. The average Bonchev–Trinajstić information content (AvgIpc) is 3.80. The zero-order valence-electron chi connectivity index (χ0n) is 37.9. The molecule has 62 heavy (non-hydrogen) atoms. The van der Waals surface area contributed by atoms with Crippen LogP contribution in [0.5, 0.6) is 0 Å². The van der Waals surface area contributed by atoms with E-state index >= 15 is 0 Å². The Labute approximate surface area is 383 Å². The molecule has 0 atom stereocenters. The molecule has 0 unspecified atom stereocenters. The third-order valence-electron chi connectivity index (χ3n) is 11.5. The molecule has 0 aliphatic carbocycles. The Morgan fingerprint density at radius 2 is 1.47 bits per heavy atom. The Morgan fingerprint density at radius 1 is 0.758 bits per heavy atom. The summed E-state index contributed by atoms with van der Waals surface area (Å²) in [5, 5.41) is 2.05. The van der Waals surface area contributed by atoms with Crippen LogP contribution in [0.3, 0.4) is 0 Å². The van der Waals surface area contributed by atoms with Gasteiger partial charge in [0.05, 0.1) is 28.1 Å². The van der Waals surface area contributed by atoms with Crippen molar-refractivity contribution in [3.05, 3.63) is 161 Å². The number of para-hydroxylation sites is 2. The van der Waals surface area contributed by atoms with Gasteiger partial charge in [0.2, 0.25) is 5.71 Å². The summed E-state index contributed by atoms with van der Waals surface area (Å²) >= 11 is -1.86. The molecule has 9 aromatic rings. The molecule has 0 saturated carbocycles. The molecule has 0 saturated heterocycles. The minimum Gasteiger partial charge on any atom is -0.486 e. The molecule has 0 amide bonds. The zero-order valence-corrected chi connectivity index (χ0v) is 42.4. The maximum Gasteiger partial charge on any atom is 0.216 e. The number of imidazole rings is 1. The van der Waals surface area contributed by atoms with Crippen LogP contribution in [-0.4, -0.2) is 32.8 Å². The molecule has 0 fully saturated rings. The van der Waals surface area contributed by atoms with Crippen molar-refractivity contribution in [2.75, 3.05) is 0 Å². The van der Waals surface area contributed by atoms with E-state index in [2.05, 4.69) is 180 Å². The number of hydrogen-bond donors (Lipinski definition) is 0. The zero-order chi connectivity index (χ0) is 43.2. The molecule has 1 radical (unpaired) electrons. The van der Waals surface area contributed by atoms with Crippen molar-refractivity contribution < 1.29 is 24.5 Å². The van der Waals surface area contributed by atoms with Crippen LogP contribution < -0.4 is 4.40 Å². The van der Waals surface area contributed by atoms with E-state index in [4.69, 9.17) is 19.4 Å². The van der Waals surface area contributed by atoms with Gasteiger partial charge in [-0.25, -0.2) is 4.98 Å². The fraction of sp³-hybridized carbons (Fsp3) is 0.255. The second-order valence-electron chi connectivity index (χ2n) is 18.9. The van der Waals surface area contributed by atoms with Crippen molar-refractivity contribution in [2.45, 2.75) is 84.5 Å². The van der Waals surface area contributed by atoms with Gasteiger partial charge in [-0.2, -0.15) is 0 Å². The van der Waals surface area contributed by atoms with Crippen LogP contribution >= 0.6 is 0 Å². The van der Waals surface area contributed by atoms with Crippen LogP contribution in [0.4, 0.5) is 0 Å². The topological polar surface area (TPSA) is 56.7 Å². The molecule has 9 rings (SSSR count). The number of furan rings is 1. The van der Waals surface area contributed by atoms with Gasteiger partial charge in [-0.15, -0.1) is 17.7 Å². The number of hydrogen-bond acceptors (Lipinski definition) is 4. The predicted molar refractivity (Wildman–Crippen MR) is 259 cm³/mol. The van der Waals surface area contributed by atoms with E-state index in [0.29, 0.717) is 11.6 Å². The third-order valence-corrected chi connectivity index (χ3v) is 15.9. The quantitative estimate of drug-likeness (QED) is 0.118. The average molecular weight is 1050 g/mol.